The van der Waals surface area contributed by atoms with Crippen LogP contribution in [0.4, 0.5) is 0 Å². The Hall–Kier alpha value is -3.19. The van der Waals surface area contributed by atoms with Gasteiger partial charge < -0.3 is 14.2 Å². The summed E-state index contributed by atoms with van der Waals surface area (Å²) in [6.45, 7) is 0.770. The Kier molecular flexibility index (Phi) is 5.57. The topological polar surface area (TPSA) is 71.3 Å². The fourth-order valence-electron chi connectivity index (χ4n) is 3.56. The van der Waals surface area contributed by atoms with Gasteiger partial charge in [-0.1, -0.05) is 17.7 Å². The molecule has 0 saturated carbocycles. The number of fused-ring (bicyclic) bond motifs is 2. The normalized spacial score (nSPS) is 13.1. The highest BCUT2D eigenvalue weighted by Gasteiger charge is 2.17. The summed E-state index contributed by atoms with van der Waals surface area (Å²) in [7, 11) is 4.97. The minimum Gasteiger partial charge on any atom is -0.493 e. The molecular weight excluding hydrogens is 368 g/mol. The average molecular weight is 392 g/mol. The van der Waals surface area contributed by atoms with Crippen LogP contribution < -0.4 is 9.47 Å². The second-order valence-corrected chi connectivity index (χ2v) is 6.83. The third-order valence-corrected chi connectivity index (χ3v) is 5.09. The van der Waals surface area contributed by atoms with Crippen LogP contribution in [0.3, 0.4) is 0 Å². The zero-order valence-electron chi connectivity index (χ0n) is 16.9. The van der Waals surface area contributed by atoms with Crippen LogP contribution in [-0.2, 0) is 11.2 Å². The second kappa shape index (κ2) is 8.45. The molecule has 2 aromatic heterocycles. The van der Waals surface area contributed by atoms with Crippen LogP contribution >= 0.6 is 0 Å². The van der Waals surface area contributed by atoms with E-state index in [0.29, 0.717) is 11.5 Å². The molecule has 29 heavy (non-hydrogen) atoms. The Bertz CT molecular complexity index is 1090. The molecule has 0 amide bonds. The van der Waals surface area contributed by atoms with Crippen molar-refractivity contribution in [3.8, 4) is 17.2 Å². The van der Waals surface area contributed by atoms with E-state index in [2.05, 4.69) is 33.5 Å². The highest BCUT2D eigenvalue weighted by molar-refractivity contribution is 5.89. The Morgan fingerprint density at radius 2 is 1.86 bits per heavy atom. The molecule has 0 atom stereocenters. The molecule has 0 N–H and O–H groups in total. The second-order valence-electron chi connectivity index (χ2n) is 6.83. The van der Waals surface area contributed by atoms with Gasteiger partial charge in [0.05, 0.1) is 43.5 Å². The van der Waals surface area contributed by atoms with Crippen LogP contribution in [-0.4, -0.2) is 47.9 Å². The third kappa shape index (κ3) is 3.73. The monoisotopic (exact) mass is 392 g/mol. The van der Waals surface area contributed by atoms with Crippen molar-refractivity contribution in [3.05, 3.63) is 53.5 Å². The summed E-state index contributed by atoms with van der Waals surface area (Å²) < 4.78 is 18.0. The van der Waals surface area contributed by atoms with Gasteiger partial charge in [-0.05, 0) is 31.4 Å². The van der Waals surface area contributed by atoms with E-state index in [1.54, 1.807) is 27.5 Å². The van der Waals surface area contributed by atoms with Crippen molar-refractivity contribution in [1.29, 1.82) is 0 Å². The Balaban J connectivity index is 1.74. The molecule has 4 rings (SSSR count). The van der Waals surface area contributed by atoms with Gasteiger partial charge in [0.15, 0.2) is 11.5 Å². The highest BCUT2D eigenvalue weighted by atomic mass is 16.5. The predicted molar refractivity (Wildman–Crippen MR) is 112 cm³/mol. The first-order chi connectivity index (χ1) is 14.2. The molecule has 1 aliphatic rings. The Labute approximate surface area is 169 Å². The number of methoxy groups -OCH3 is 3. The molecule has 0 saturated heterocycles. The Morgan fingerprint density at radius 3 is 2.66 bits per heavy atom. The van der Waals surface area contributed by atoms with Crippen molar-refractivity contribution in [2.75, 3.05) is 27.9 Å². The maximum atomic E-state index is 5.47. The Morgan fingerprint density at radius 1 is 1.03 bits per heavy atom. The van der Waals surface area contributed by atoms with Gasteiger partial charge in [-0.3, -0.25) is 0 Å². The predicted octanol–water partition coefficient (Wildman–Crippen LogP) is 3.76. The number of nitrogens with zero attached hydrogens (tertiary/aromatic N) is 4. The highest BCUT2D eigenvalue weighted by Crippen LogP contribution is 2.34. The lowest BCUT2D eigenvalue weighted by molar-refractivity contribution is 0.195. The number of rotatable bonds is 7. The smallest absolute Gasteiger partial charge is 0.162 e. The van der Waals surface area contributed by atoms with E-state index in [9.17, 15) is 0 Å². The average Bonchev–Trinajstić information content (AvgIpc) is 3.05. The number of benzene rings is 1. The molecule has 0 aliphatic heterocycles. The molecule has 0 fully saturated rings. The first kappa shape index (κ1) is 19.1. The van der Waals surface area contributed by atoms with E-state index in [-0.39, 0.29) is 0 Å². The fourth-order valence-corrected chi connectivity index (χ4v) is 3.56. The van der Waals surface area contributed by atoms with E-state index in [0.717, 1.165) is 48.2 Å². The van der Waals surface area contributed by atoms with Crippen LogP contribution in [0.1, 0.15) is 24.1 Å². The number of hydrogen-bond acceptors (Lipinski definition) is 6. The maximum absolute atomic E-state index is 5.47. The molecule has 150 valence electrons. The minimum atomic E-state index is 0.621. The molecule has 0 radical (unpaired) electrons. The lowest BCUT2D eigenvalue weighted by atomic mass is 10.1. The molecule has 1 aliphatic carbocycles. The van der Waals surface area contributed by atoms with Gasteiger partial charge in [0.25, 0.3) is 0 Å². The molecule has 1 aromatic carbocycles. The number of hydrogen-bond donors (Lipinski definition) is 0. The molecule has 0 spiro atoms. The number of ether oxygens (including phenoxy) is 3. The summed E-state index contributed by atoms with van der Waals surface area (Å²) in [5.41, 5.74) is 5.11. The first-order valence-electron chi connectivity index (χ1n) is 9.56. The number of aromatic nitrogens is 4. The standard InChI is InChI=1S/C22H24N4O3/c1-27-10-4-5-15-6-8-16-13-24-26(19(16)9-7-15)20-14-23-25-18-12-22(29-3)21(28-2)11-17(18)20/h6-7,9,11-14H,4-5,8,10H2,1-3H3. The lowest BCUT2D eigenvalue weighted by Gasteiger charge is -2.12. The summed E-state index contributed by atoms with van der Waals surface area (Å²) in [5.74, 6) is 1.26. The quantitative estimate of drug-likeness (QED) is 0.570. The van der Waals surface area contributed by atoms with E-state index in [4.69, 9.17) is 14.2 Å². The van der Waals surface area contributed by atoms with Gasteiger partial charge in [-0.2, -0.15) is 15.3 Å². The van der Waals surface area contributed by atoms with E-state index in [1.165, 1.54) is 11.1 Å². The van der Waals surface area contributed by atoms with Gasteiger partial charge in [-0.25, -0.2) is 4.68 Å². The molecule has 3 aromatic rings. The fraction of sp³-hybridized carbons (Fsp3) is 0.318. The van der Waals surface area contributed by atoms with E-state index >= 15 is 0 Å². The third-order valence-electron chi connectivity index (χ3n) is 5.09. The zero-order valence-corrected chi connectivity index (χ0v) is 16.9. The molecule has 0 bridgehead atoms. The van der Waals surface area contributed by atoms with Crippen LogP contribution in [0.5, 0.6) is 11.5 Å². The molecule has 0 unspecified atom stereocenters. The van der Waals surface area contributed by atoms with Crippen molar-refractivity contribution in [3.63, 3.8) is 0 Å². The van der Waals surface area contributed by atoms with Crippen molar-refractivity contribution in [2.24, 2.45) is 0 Å². The summed E-state index contributed by atoms with van der Waals surface area (Å²) in [6, 6.07) is 3.75. The summed E-state index contributed by atoms with van der Waals surface area (Å²) >= 11 is 0. The van der Waals surface area contributed by atoms with Crippen LogP contribution in [0.2, 0.25) is 0 Å². The number of allylic oxidation sites excluding steroid dienone is 3. The minimum absolute atomic E-state index is 0.621. The van der Waals surface area contributed by atoms with Crippen molar-refractivity contribution in [1.82, 2.24) is 20.0 Å². The molecule has 7 heteroatoms. The van der Waals surface area contributed by atoms with E-state index < -0.39 is 0 Å². The van der Waals surface area contributed by atoms with Crippen LogP contribution in [0.15, 0.2) is 42.3 Å². The van der Waals surface area contributed by atoms with Crippen LogP contribution in [0, 0.1) is 0 Å². The van der Waals surface area contributed by atoms with Crippen molar-refractivity contribution >= 4 is 17.0 Å². The first-order valence-corrected chi connectivity index (χ1v) is 9.56. The van der Waals surface area contributed by atoms with Crippen LogP contribution in [0.25, 0.3) is 22.7 Å². The van der Waals surface area contributed by atoms with E-state index in [1.807, 2.05) is 23.0 Å². The van der Waals surface area contributed by atoms with Gasteiger partial charge in [0.2, 0.25) is 0 Å². The largest absolute Gasteiger partial charge is 0.493 e. The zero-order chi connectivity index (χ0) is 20.2. The molecule has 7 nitrogen and oxygen atoms in total. The van der Waals surface area contributed by atoms with Crippen molar-refractivity contribution < 1.29 is 14.2 Å². The molecular formula is C22H24N4O3. The van der Waals surface area contributed by atoms with Gasteiger partial charge >= 0.3 is 0 Å². The van der Waals surface area contributed by atoms with Gasteiger partial charge in [0.1, 0.15) is 0 Å². The summed E-state index contributed by atoms with van der Waals surface area (Å²) in [6.07, 6.45) is 13.1. The lowest BCUT2D eigenvalue weighted by Crippen LogP contribution is -2.03. The van der Waals surface area contributed by atoms with Crippen molar-refractivity contribution in [2.45, 2.75) is 19.3 Å². The summed E-state index contributed by atoms with van der Waals surface area (Å²) in [4.78, 5) is 0. The SMILES string of the molecule is COCCCC1=CCc2cnn(-c3cnnc4cc(OC)c(OC)cc34)c2C=C1. The maximum Gasteiger partial charge on any atom is 0.162 e. The van der Waals surface area contributed by atoms with Gasteiger partial charge in [-0.15, -0.1) is 0 Å². The molecule has 2 heterocycles. The summed E-state index contributed by atoms with van der Waals surface area (Å²) in [5, 5.41) is 14.0. The van der Waals surface area contributed by atoms with Gasteiger partial charge in [0, 0.05) is 30.7 Å².